The van der Waals surface area contributed by atoms with E-state index in [2.05, 4.69) is 31.1 Å². The molecule has 5 nitrogen and oxygen atoms in total. The Morgan fingerprint density at radius 3 is 2.64 bits per heavy atom. The van der Waals surface area contributed by atoms with E-state index in [1.165, 1.54) is 0 Å². The van der Waals surface area contributed by atoms with Gasteiger partial charge in [-0.05, 0) is 40.2 Å². The van der Waals surface area contributed by atoms with Gasteiger partial charge in [0.25, 0.3) is 5.91 Å². The van der Waals surface area contributed by atoms with Gasteiger partial charge in [0.15, 0.2) is 0 Å². The summed E-state index contributed by atoms with van der Waals surface area (Å²) in [5.41, 5.74) is 2.14. The summed E-state index contributed by atoms with van der Waals surface area (Å²) in [6.07, 6.45) is 1.74. The average molecular weight is 362 g/mol. The summed E-state index contributed by atoms with van der Waals surface area (Å²) < 4.78 is 6.17. The molecule has 0 bridgehead atoms. The summed E-state index contributed by atoms with van der Waals surface area (Å²) in [6, 6.07) is 11.2. The van der Waals surface area contributed by atoms with Crippen molar-refractivity contribution >= 4 is 33.2 Å². The van der Waals surface area contributed by atoms with Crippen LogP contribution in [0.1, 0.15) is 10.5 Å². The average Bonchev–Trinajstić information content (AvgIpc) is 2.58. The Morgan fingerprint density at radius 2 is 1.95 bits per heavy atom. The number of hydrogen-bond donors (Lipinski definition) is 1. The highest BCUT2D eigenvalue weighted by Crippen LogP contribution is 2.22. The van der Waals surface area contributed by atoms with Crippen LogP contribution in [0.3, 0.4) is 0 Å². The van der Waals surface area contributed by atoms with Crippen molar-refractivity contribution in [1.29, 1.82) is 0 Å². The lowest BCUT2D eigenvalue weighted by Gasteiger charge is -2.28. The van der Waals surface area contributed by atoms with Crippen LogP contribution in [0.15, 0.2) is 47.1 Å². The predicted octanol–water partition coefficient (Wildman–Crippen LogP) is 2.93. The number of hydrogen-bond acceptors (Lipinski definition) is 4. The number of rotatable bonds is 3. The van der Waals surface area contributed by atoms with Crippen LogP contribution in [-0.4, -0.2) is 37.2 Å². The number of carbonyl (C=O) groups is 1. The van der Waals surface area contributed by atoms with E-state index in [1.807, 2.05) is 30.3 Å². The van der Waals surface area contributed by atoms with Gasteiger partial charge in [-0.25, -0.2) is 4.98 Å². The molecule has 1 aliphatic rings. The normalized spacial score (nSPS) is 14.7. The second kappa shape index (κ2) is 6.89. The molecule has 0 atom stereocenters. The third kappa shape index (κ3) is 3.45. The molecule has 2 heterocycles. The van der Waals surface area contributed by atoms with Crippen molar-refractivity contribution in [3.63, 3.8) is 0 Å². The van der Waals surface area contributed by atoms with Crippen molar-refractivity contribution in [2.75, 3.05) is 36.5 Å². The van der Waals surface area contributed by atoms with Gasteiger partial charge in [0, 0.05) is 17.6 Å². The van der Waals surface area contributed by atoms with Crippen LogP contribution in [0.5, 0.6) is 0 Å². The fourth-order valence-electron chi connectivity index (χ4n) is 2.28. The van der Waals surface area contributed by atoms with E-state index < -0.39 is 0 Å². The Balaban J connectivity index is 1.69. The number of benzene rings is 1. The highest BCUT2D eigenvalue weighted by molar-refractivity contribution is 9.10. The van der Waals surface area contributed by atoms with E-state index in [9.17, 15) is 4.79 Å². The summed E-state index contributed by atoms with van der Waals surface area (Å²) in [7, 11) is 0. The van der Waals surface area contributed by atoms with Crippen LogP contribution in [0.4, 0.5) is 11.4 Å². The van der Waals surface area contributed by atoms with Crippen molar-refractivity contribution in [2.24, 2.45) is 0 Å². The minimum absolute atomic E-state index is 0.222. The van der Waals surface area contributed by atoms with Crippen LogP contribution in [0.25, 0.3) is 0 Å². The first-order valence-electron chi connectivity index (χ1n) is 7.09. The molecule has 3 rings (SSSR count). The molecule has 0 aliphatic carbocycles. The first-order chi connectivity index (χ1) is 10.7. The summed E-state index contributed by atoms with van der Waals surface area (Å²) >= 11 is 3.41. The fourth-order valence-corrected chi connectivity index (χ4v) is 2.66. The standard InChI is InChI=1S/C16H16BrN3O2/c17-13-3-1-2-4-14(13)19-16(21)15-6-5-12(11-18-15)20-7-9-22-10-8-20/h1-6,11H,7-10H2,(H,19,21). The highest BCUT2D eigenvalue weighted by atomic mass is 79.9. The molecule has 1 aliphatic heterocycles. The van der Waals surface area contributed by atoms with E-state index in [1.54, 1.807) is 12.3 Å². The molecule has 6 heteroatoms. The number of para-hydroxylation sites is 1. The first kappa shape index (κ1) is 15.0. The maximum absolute atomic E-state index is 12.2. The summed E-state index contributed by atoms with van der Waals surface area (Å²) in [5, 5.41) is 2.84. The van der Waals surface area contributed by atoms with Gasteiger partial charge in [0.2, 0.25) is 0 Å². The Kier molecular flexibility index (Phi) is 4.70. The molecule has 1 fully saturated rings. The van der Waals surface area contributed by atoms with E-state index in [0.29, 0.717) is 5.69 Å². The van der Waals surface area contributed by atoms with E-state index in [-0.39, 0.29) is 5.91 Å². The Bertz CT molecular complexity index is 655. The molecule has 114 valence electrons. The van der Waals surface area contributed by atoms with Gasteiger partial charge in [0.05, 0.1) is 30.8 Å². The van der Waals surface area contributed by atoms with Crippen molar-refractivity contribution in [3.8, 4) is 0 Å². The number of nitrogens with one attached hydrogen (secondary N) is 1. The molecule has 1 amide bonds. The quantitative estimate of drug-likeness (QED) is 0.912. The zero-order valence-electron chi connectivity index (χ0n) is 12.0. The molecule has 0 unspecified atom stereocenters. The van der Waals surface area contributed by atoms with Crippen molar-refractivity contribution in [2.45, 2.75) is 0 Å². The number of morpholine rings is 1. The van der Waals surface area contributed by atoms with Gasteiger partial charge in [-0.3, -0.25) is 4.79 Å². The number of carbonyl (C=O) groups excluding carboxylic acids is 1. The lowest BCUT2D eigenvalue weighted by Crippen LogP contribution is -2.36. The van der Waals surface area contributed by atoms with Gasteiger partial charge in [-0.15, -0.1) is 0 Å². The summed E-state index contributed by atoms with van der Waals surface area (Å²) in [4.78, 5) is 18.7. The number of nitrogens with zero attached hydrogens (tertiary/aromatic N) is 2. The Hall–Kier alpha value is -1.92. The second-order valence-corrected chi connectivity index (χ2v) is 5.79. The lowest BCUT2D eigenvalue weighted by molar-refractivity contribution is 0.102. The van der Waals surface area contributed by atoms with Gasteiger partial charge in [-0.1, -0.05) is 12.1 Å². The zero-order chi connectivity index (χ0) is 15.4. The number of anilines is 2. The van der Waals surface area contributed by atoms with Crippen molar-refractivity contribution < 1.29 is 9.53 Å². The highest BCUT2D eigenvalue weighted by Gasteiger charge is 2.13. The van der Waals surface area contributed by atoms with Gasteiger partial charge in [-0.2, -0.15) is 0 Å². The smallest absolute Gasteiger partial charge is 0.274 e. The van der Waals surface area contributed by atoms with Crippen LogP contribution in [0, 0.1) is 0 Å². The number of ether oxygens (including phenoxy) is 1. The number of aromatic nitrogens is 1. The number of amides is 1. The van der Waals surface area contributed by atoms with Gasteiger partial charge in [0.1, 0.15) is 5.69 Å². The molecule has 1 saturated heterocycles. The third-order valence-corrected chi connectivity index (χ3v) is 4.17. The zero-order valence-corrected chi connectivity index (χ0v) is 13.5. The molecule has 0 saturated carbocycles. The summed E-state index contributed by atoms with van der Waals surface area (Å²) in [6.45, 7) is 3.16. The minimum atomic E-state index is -0.222. The second-order valence-electron chi connectivity index (χ2n) is 4.94. The lowest BCUT2D eigenvalue weighted by atomic mass is 10.2. The molecule has 0 spiro atoms. The molecule has 0 radical (unpaired) electrons. The van der Waals surface area contributed by atoms with Gasteiger partial charge >= 0.3 is 0 Å². The molecule has 1 aromatic carbocycles. The summed E-state index contributed by atoms with van der Waals surface area (Å²) in [5.74, 6) is -0.222. The van der Waals surface area contributed by atoms with Crippen LogP contribution in [-0.2, 0) is 4.74 Å². The Morgan fingerprint density at radius 1 is 1.18 bits per heavy atom. The predicted molar refractivity (Wildman–Crippen MR) is 89.4 cm³/mol. The largest absolute Gasteiger partial charge is 0.378 e. The molecule has 2 aromatic rings. The van der Waals surface area contributed by atoms with Crippen LogP contribution in [0.2, 0.25) is 0 Å². The monoisotopic (exact) mass is 361 g/mol. The van der Waals surface area contributed by atoms with Crippen molar-refractivity contribution in [3.05, 3.63) is 52.8 Å². The van der Waals surface area contributed by atoms with Crippen LogP contribution < -0.4 is 10.2 Å². The third-order valence-electron chi connectivity index (χ3n) is 3.48. The topological polar surface area (TPSA) is 54.5 Å². The Labute approximate surface area is 137 Å². The maximum atomic E-state index is 12.2. The van der Waals surface area contributed by atoms with Crippen molar-refractivity contribution in [1.82, 2.24) is 4.98 Å². The molecular weight excluding hydrogens is 346 g/mol. The van der Waals surface area contributed by atoms with E-state index in [4.69, 9.17) is 4.74 Å². The minimum Gasteiger partial charge on any atom is -0.378 e. The van der Waals surface area contributed by atoms with E-state index in [0.717, 1.165) is 42.2 Å². The van der Waals surface area contributed by atoms with Gasteiger partial charge < -0.3 is 15.0 Å². The number of pyridine rings is 1. The molecular formula is C16H16BrN3O2. The molecule has 22 heavy (non-hydrogen) atoms. The maximum Gasteiger partial charge on any atom is 0.274 e. The molecule has 1 aromatic heterocycles. The van der Waals surface area contributed by atoms with E-state index >= 15 is 0 Å². The van der Waals surface area contributed by atoms with Crippen LogP contribution >= 0.6 is 15.9 Å². The first-order valence-corrected chi connectivity index (χ1v) is 7.88. The number of halogens is 1. The SMILES string of the molecule is O=C(Nc1ccccc1Br)c1ccc(N2CCOCC2)cn1. The fraction of sp³-hybridized carbons (Fsp3) is 0.250. The molecule has 1 N–H and O–H groups in total.